The lowest BCUT2D eigenvalue weighted by Gasteiger charge is -2.40. The number of rotatable bonds is 5. The SMILES string of the molecule is COC(=O)C1CN(C(=O)OC(C)(C)C)CCN1C(=O)c1ncccc1C=CCN(C)C. The maximum atomic E-state index is 13.3. The molecule has 31 heavy (non-hydrogen) atoms. The summed E-state index contributed by atoms with van der Waals surface area (Å²) >= 11 is 0. The van der Waals surface area contributed by atoms with Crippen LogP contribution in [0.1, 0.15) is 36.8 Å². The molecule has 0 N–H and O–H groups in total. The van der Waals surface area contributed by atoms with Crippen molar-refractivity contribution in [3.63, 3.8) is 0 Å². The molecule has 0 spiro atoms. The van der Waals surface area contributed by atoms with Gasteiger partial charge in [-0.3, -0.25) is 9.78 Å². The lowest BCUT2D eigenvalue weighted by Crippen LogP contribution is -2.60. The second kappa shape index (κ2) is 10.4. The Kier molecular flexibility index (Phi) is 8.15. The van der Waals surface area contributed by atoms with Gasteiger partial charge in [-0.25, -0.2) is 9.59 Å². The largest absolute Gasteiger partial charge is 0.467 e. The molecule has 1 aromatic heterocycles. The van der Waals surface area contributed by atoms with Gasteiger partial charge in [0.15, 0.2) is 0 Å². The molecule has 0 saturated carbocycles. The van der Waals surface area contributed by atoms with Gasteiger partial charge < -0.3 is 24.2 Å². The van der Waals surface area contributed by atoms with Gasteiger partial charge in [0.05, 0.1) is 13.7 Å². The minimum Gasteiger partial charge on any atom is -0.467 e. The third kappa shape index (κ3) is 6.78. The summed E-state index contributed by atoms with van der Waals surface area (Å²) in [6.45, 7) is 6.43. The molecule has 170 valence electrons. The highest BCUT2D eigenvalue weighted by Crippen LogP contribution is 2.19. The Hall–Kier alpha value is -2.94. The molecule has 1 saturated heterocycles. The molecule has 1 fully saturated rings. The lowest BCUT2D eigenvalue weighted by molar-refractivity contribution is -0.147. The molecule has 2 rings (SSSR count). The van der Waals surface area contributed by atoms with Crippen molar-refractivity contribution >= 4 is 24.0 Å². The van der Waals surface area contributed by atoms with Crippen LogP contribution in [0.3, 0.4) is 0 Å². The number of carbonyl (C=O) groups excluding carboxylic acids is 3. The predicted octanol–water partition coefficient (Wildman–Crippen LogP) is 1.89. The summed E-state index contributed by atoms with van der Waals surface area (Å²) in [6.07, 6.45) is 4.79. The molecule has 0 aliphatic carbocycles. The number of likely N-dealkylation sites (N-methyl/N-ethyl adjacent to an activating group) is 1. The van der Waals surface area contributed by atoms with E-state index in [2.05, 4.69) is 4.98 Å². The van der Waals surface area contributed by atoms with E-state index >= 15 is 0 Å². The molecular weight excluding hydrogens is 400 g/mol. The van der Waals surface area contributed by atoms with Crippen molar-refractivity contribution < 1.29 is 23.9 Å². The number of carbonyl (C=O) groups is 3. The summed E-state index contributed by atoms with van der Waals surface area (Å²) in [5.74, 6) is -0.980. The zero-order valence-electron chi connectivity index (χ0n) is 19.1. The van der Waals surface area contributed by atoms with E-state index in [1.165, 1.54) is 16.9 Å². The smallest absolute Gasteiger partial charge is 0.410 e. The van der Waals surface area contributed by atoms with Gasteiger partial charge in [0.2, 0.25) is 0 Å². The Morgan fingerprint density at radius 3 is 2.58 bits per heavy atom. The lowest BCUT2D eigenvalue weighted by atomic mass is 10.1. The second-order valence-electron chi connectivity index (χ2n) is 8.57. The fraction of sp³-hybridized carbons (Fsp3) is 0.545. The number of hydrogen-bond donors (Lipinski definition) is 0. The van der Waals surface area contributed by atoms with E-state index in [-0.39, 0.29) is 31.2 Å². The van der Waals surface area contributed by atoms with Crippen LogP contribution in [0.25, 0.3) is 6.08 Å². The highest BCUT2D eigenvalue weighted by atomic mass is 16.6. The predicted molar refractivity (Wildman–Crippen MR) is 116 cm³/mol. The van der Waals surface area contributed by atoms with Crippen molar-refractivity contribution in [1.29, 1.82) is 0 Å². The van der Waals surface area contributed by atoms with Gasteiger partial charge in [-0.1, -0.05) is 18.2 Å². The van der Waals surface area contributed by atoms with Crippen molar-refractivity contribution in [3.8, 4) is 0 Å². The van der Waals surface area contributed by atoms with Gasteiger partial charge in [-0.15, -0.1) is 0 Å². The molecule has 2 heterocycles. The number of esters is 1. The first-order valence-corrected chi connectivity index (χ1v) is 10.2. The Bertz CT molecular complexity index is 831. The number of ether oxygens (including phenoxy) is 2. The number of amides is 2. The average molecular weight is 433 g/mol. The summed E-state index contributed by atoms with van der Waals surface area (Å²) < 4.78 is 10.3. The highest BCUT2D eigenvalue weighted by Gasteiger charge is 2.40. The van der Waals surface area contributed by atoms with Crippen LogP contribution in [0.2, 0.25) is 0 Å². The molecule has 1 aliphatic rings. The molecule has 0 bridgehead atoms. The molecule has 0 radical (unpaired) electrons. The van der Waals surface area contributed by atoms with Crippen LogP contribution >= 0.6 is 0 Å². The zero-order valence-corrected chi connectivity index (χ0v) is 19.1. The number of piperazine rings is 1. The van der Waals surface area contributed by atoms with Gasteiger partial charge in [-0.2, -0.15) is 0 Å². The molecule has 9 heteroatoms. The van der Waals surface area contributed by atoms with E-state index in [1.807, 2.05) is 31.1 Å². The zero-order chi connectivity index (χ0) is 23.2. The molecule has 9 nitrogen and oxygen atoms in total. The van der Waals surface area contributed by atoms with Crippen molar-refractivity contribution in [3.05, 3.63) is 35.7 Å². The van der Waals surface area contributed by atoms with Crippen molar-refractivity contribution in [2.75, 3.05) is 47.4 Å². The van der Waals surface area contributed by atoms with Gasteiger partial charge in [0.1, 0.15) is 17.3 Å². The van der Waals surface area contributed by atoms with E-state index in [0.717, 1.165) is 0 Å². The van der Waals surface area contributed by atoms with Crippen LogP contribution in [0, 0.1) is 0 Å². The Morgan fingerprint density at radius 1 is 1.26 bits per heavy atom. The normalized spacial score (nSPS) is 17.2. The summed E-state index contributed by atoms with van der Waals surface area (Å²) in [5, 5.41) is 0. The van der Waals surface area contributed by atoms with Crippen LogP contribution in [0.15, 0.2) is 24.4 Å². The molecule has 0 aromatic carbocycles. The molecule has 1 atom stereocenters. The van der Waals surface area contributed by atoms with Crippen LogP contribution in [-0.2, 0) is 14.3 Å². The Balaban J connectivity index is 2.25. The second-order valence-corrected chi connectivity index (χ2v) is 8.57. The van der Waals surface area contributed by atoms with Gasteiger partial charge in [0.25, 0.3) is 5.91 Å². The van der Waals surface area contributed by atoms with Crippen molar-refractivity contribution in [2.45, 2.75) is 32.4 Å². The first kappa shape index (κ1) is 24.3. The van der Waals surface area contributed by atoms with Crippen LogP contribution < -0.4 is 0 Å². The quantitative estimate of drug-likeness (QED) is 0.656. The number of pyridine rings is 1. The number of methoxy groups -OCH3 is 1. The first-order chi connectivity index (χ1) is 14.5. The molecular formula is C22H32N4O5. The fourth-order valence-electron chi connectivity index (χ4n) is 3.11. The first-order valence-electron chi connectivity index (χ1n) is 10.2. The van der Waals surface area contributed by atoms with E-state index in [0.29, 0.717) is 12.1 Å². The summed E-state index contributed by atoms with van der Waals surface area (Å²) in [7, 11) is 5.16. The van der Waals surface area contributed by atoms with Crippen molar-refractivity contribution in [1.82, 2.24) is 19.7 Å². The molecule has 1 unspecified atom stereocenters. The van der Waals surface area contributed by atoms with E-state index < -0.39 is 23.7 Å². The minimum absolute atomic E-state index is 0.00797. The third-order valence-corrected chi connectivity index (χ3v) is 4.58. The standard InChI is InChI=1S/C22H32N4O5/c1-22(2,3)31-21(29)25-13-14-26(17(15-25)20(28)30-6)19(27)18-16(9-7-11-23-18)10-8-12-24(4)5/h7-11,17H,12-15H2,1-6H3. The maximum absolute atomic E-state index is 13.3. The number of hydrogen-bond acceptors (Lipinski definition) is 7. The van der Waals surface area contributed by atoms with Gasteiger partial charge in [-0.05, 0) is 40.9 Å². The fourth-order valence-corrected chi connectivity index (χ4v) is 3.11. The Morgan fingerprint density at radius 2 is 1.97 bits per heavy atom. The van der Waals surface area contributed by atoms with Crippen LogP contribution in [0.4, 0.5) is 4.79 Å². The minimum atomic E-state index is -0.945. The van der Waals surface area contributed by atoms with E-state index in [4.69, 9.17) is 9.47 Å². The summed E-state index contributed by atoms with van der Waals surface area (Å²) in [6, 6.07) is 2.61. The van der Waals surface area contributed by atoms with E-state index in [1.54, 1.807) is 39.1 Å². The monoisotopic (exact) mass is 432 g/mol. The van der Waals surface area contributed by atoms with Gasteiger partial charge >= 0.3 is 12.1 Å². The molecule has 1 aromatic rings. The summed E-state index contributed by atoms with van der Waals surface area (Å²) in [5.41, 5.74) is 0.247. The third-order valence-electron chi connectivity index (χ3n) is 4.58. The van der Waals surface area contributed by atoms with Crippen LogP contribution in [0.5, 0.6) is 0 Å². The number of aromatic nitrogens is 1. The van der Waals surface area contributed by atoms with E-state index in [9.17, 15) is 14.4 Å². The van der Waals surface area contributed by atoms with Crippen LogP contribution in [-0.4, -0.2) is 96.7 Å². The summed E-state index contributed by atoms with van der Waals surface area (Å²) in [4.78, 5) is 47.4. The Labute approximate surface area is 183 Å². The highest BCUT2D eigenvalue weighted by molar-refractivity contribution is 5.98. The topological polar surface area (TPSA) is 92.3 Å². The molecule has 1 aliphatic heterocycles. The van der Waals surface area contributed by atoms with Crippen molar-refractivity contribution in [2.24, 2.45) is 0 Å². The van der Waals surface area contributed by atoms with Gasteiger partial charge in [0, 0.05) is 31.4 Å². The molecule has 2 amide bonds. The number of nitrogens with zero attached hydrogens (tertiary/aromatic N) is 4. The maximum Gasteiger partial charge on any atom is 0.410 e. The average Bonchev–Trinajstić information content (AvgIpc) is 2.71.